The lowest BCUT2D eigenvalue weighted by molar-refractivity contribution is 0.0955. The van der Waals surface area contributed by atoms with Gasteiger partial charge >= 0.3 is 0 Å². The smallest absolute Gasteiger partial charge is 0.271 e. The van der Waals surface area contributed by atoms with Crippen molar-refractivity contribution in [3.63, 3.8) is 0 Å². The molecule has 0 bridgehead atoms. The van der Waals surface area contributed by atoms with Crippen molar-refractivity contribution in [1.29, 1.82) is 0 Å². The Hall–Kier alpha value is -3.02. The SMILES string of the molecule is CCOc1cc(C)c(/C=N\NC(=O)c2ccc(N3CCCC3)cc2)cc1OCC. The Bertz CT molecular complexity index is 856. The van der Waals surface area contributed by atoms with Crippen molar-refractivity contribution in [2.75, 3.05) is 31.2 Å². The first-order chi connectivity index (χ1) is 14.1. The van der Waals surface area contributed by atoms with Gasteiger partial charge < -0.3 is 14.4 Å². The lowest BCUT2D eigenvalue weighted by Crippen LogP contribution is -2.19. The molecule has 2 aromatic rings. The minimum absolute atomic E-state index is 0.233. The highest BCUT2D eigenvalue weighted by Gasteiger charge is 2.13. The van der Waals surface area contributed by atoms with Gasteiger partial charge in [0.05, 0.1) is 19.4 Å². The van der Waals surface area contributed by atoms with Gasteiger partial charge in [-0.1, -0.05) is 0 Å². The molecule has 0 aromatic heterocycles. The number of anilines is 1. The number of carbonyl (C=O) groups excluding carboxylic acids is 1. The molecule has 0 saturated carbocycles. The van der Waals surface area contributed by atoms with E-state index in [9.17, 15) is 4.79 Å². The van der Waals surface area contributed by atoms with E-state index in [1.54, 1.807) is 6.21 Å². The van der Waals surface area contributed by atoms with Crippen LogP contribution in [0.25, 0.3) is 0 Å². The molecular weight excluding hydrogens is 366 g/mol. The number of rotatable bonds is 8. The van der Waals surface area contributed by atoms with Gasteiger partial charge in [-0.05, 0) is 75.6 Å². The van der Waals surface area contributed by atoms with E-state index in [0.29, 0.717) is 30.3 Å². The summed E-state index contributed by atoms with van der Waals surface area (Å²) in [6.45, 7) is 9.12. The number of hydrazone groups is 1. The number of amides is 1. The van der Waals surface area contributed by atoms with E-state index < -0.39 is 0 Å². The Morgan fingerprint density at radius 1 is 1.07 bits per heavy atom. The van der Waals surface area contributed by atoms with E-state index in [1.807, 2.05) is 57.2 Å². The van der Waals surface area contributed by atoms with Crippen molar-refractivity contribution in [2.45, 2.75) is 33.6 Å². The lowest BCUT2D eigenvalue weighted by atomic mass is 10.1. The molecule has 0 radical (unpaired) electrons. The second-order valence-corrected chi connectivity index (χ2v) is 6.96. The molecule has 154 valence electrons. The number of nitrogens with zero attached hydrogens (tertiary/aromatic N) is 2. The van der Waals surface area contributed by atoms with Crippen molar-refractivity contribution >= 4 is 17.8 Å². The second-order valence-electron chi connectivity index (χ2n) is 6.96. The average Bonchev–Trinajstić information content (AvgIpc) is 3.26. The first kappa shape index (κ1) is 20.7. The fraction of sp³-hybridized carbons (Fsp3) is 0.391. The summed E-state index contributed by atoms with van der Waals surface area (Å²) in [5.74, 6) is 1.15. The van der Waals surface area contributed by atoms with Crippen LogP contribution in [0, 0.1) is 6.92 Å². The molecule has 0 unspecified atom stereocenters. The molecule has 29 heavy (non-hydrogen) atoms. The molecule has 0 atom stereocenters. The zero-order chi connectivity index (χ0) is 20.6. The third-order valence-corrected chi connectivity index (χ3v) is 4.90. The van der Waals surface area contributed by atoms with E-state index in [0.717, 1.165) is 29.9 Å². The third kappa shape index (κ3) is 5.28. The van der Waals surface area contributed by atoms with E-state index in [2.05, 4.69) is 15.4 Å². The van der Waals surface area contributed by atoms with Crippen molar-refractivity contribution < 1.29 is 14.3 Å². The van der Waals surface area contributed by atoms with Crippen LogP contribution in [0.2, 0.25) is 0 Å². The number of nitrogens with one attached hydrogen (secondary N) is 1. The topological polar surface area (TPSA) is 63.2 Å². The summed E-state index contributed by atoms with van der Waals surface area (Å²) in [4.78, 5) is 14.7. The van der Waals surface area contributed by atoms with Crippen LogP contribution >= 0.6 is 0 Å². The first-order valence-corrected chi connectivity index (χ1v) is 10.2. The largest absolute Gasteiger partial charge is 0.490 e. The molecule has 1 N–H and O–H groups in total. The van der Waals surface area contributed by atoms with Crippen LogP contribution in [0.15, 0.2) is 41.5 Å². The van der Waals surface area contributed by atoms with Gasteiger partial charge in [0.2, 0.25) is 0 Å². The minimum atomic E-state index is -0.233. The molecule has 1 heterocycles. The van der Waals surface area contributed by atoms with Crippen molar-refractivity contribution in [1.82, 2.24) is 5.43 Å². The van der Waals surface area contributed by atoms with Crippen LogP contribution in [0.5, 0.6) is 11.5 Å². The Kier molecular flexibility index (Phi) is 7.11. The maximum atomic E-state index is 12.4. The first-order valence-electron chi connectivity index (χ1n) is 10.2. The van der Waals surface area contributed by atoms with E-state index in [4.69, 9.17) is 9.47 Å². The Morgan fingerprint density at radius 2 is 1.69 bits per heavy atom. The van der Waals surface area contributed by atoms with Crippen LogP contribution in [0.3, 0.4) is 0 Å². The molecule has 1 aliphatic rings. The summed E-state index contributed by atoms with van der Waals surface area (Å²) in [5, 5.41) is 4.12. The van der Waals surface area contributed by atoms with Crippen molar-refractivity contribution in [2.24, 2.45) is 5.10 Å². The predicted octanol–water partition coefficient (Wildman–Crippen LogP) is 4.16. The van der Waals surface area contributed by atoms with Gasteiger partial charge in [0.1, 0.15) is 0 Å². The van der Waals surface area contributed by atoms with Crippen LogP contribution < -0.4 is 19.8 Å². The molecule has 6 heteroatoms. The van der Waals surface area contributed by atoms with Crippen LogP contribution in [-0.4, -0.2) is 38.4 Å². The zero-order valence-corrected chi connectivity index (χ0v) is 17.4. The molecule has 1 saturated heterocycles. The highest BCUT2D eigenvalue weighted by Crippen LogP contribution is 2.30. The van der Waals surface area contributed by atoms with Crippen molar-refractivity contribution in [3.8, 4) is 11.5 Å². The summed E-state index contributed by atoms with van der Waals surface area (Å²) in [5.41, 5.74) is 6.20. The van der Waals surface area contributed by atoms with Gasteiger partial charge in [-0.15, -0.1) is 0 Å². The highest BCUT2D eigenvalue weighted by atomic mass is 16.5. The lowest BCUT2D eigenvalue weighted by Gasteiger charge is -2.17. The summed E-state index contributed by atoms with van der Waals surface area (Å²) >= 11 is 0. The molecule has 1 fully saturated rings. The highest BCUT2D eigenvalue weighted by molar-refractivity contribution is 5.95. The van der Waals surface area contributed by atoms with Gasteiger partial charge in [-0.25, -0.2) is 5.43 Å². The number of aryl methyl sites for hydroxylation is 1. The normalized spacial score (nSPS) is 13.7. The summed E-state index contributed by atoms with van der Waals surface area (Å²) in [6, 6.07) is 11.5. The van der Waals surface area contributed by atoms with E-state index in [1.165, 1.54) is 12.8 Å². The monoisotopic (exact) mass is 395 g/mol. The van der Waals surface area contributed by atoms with Gasteiger partial charge in [0, 0.05) is 29.9 Å². The molecular formula is C23H29N3O3. The minimum Gasteiger partial charge on any atom is -0.490 e. The maximum absolute atomic E-state index is 12.4. The van der Waals surface area contributed by atoms with E-state index in [-0.39, 0.29) is 5.91 Å². The van der Waals surface area contributed by atoms with Crippen LogP contribution in [-0.2, 0) is 0 Å². The fourth-order valence-corrected chi connectivity index (χ4v) is 3.38. The van der Waals surface area contributed by atoms with Gasteiger partial charge in [0.25, 0.3) is 5.91 Å². The molecule has 0 spiro atoms. The third-order valence-electron chi connectivity index (χ3n) is 4.90. The van der Waals surface area contributed by atoms with Gasteiger partial charge in [-0.2, -0.15) is 5.10 Å². The van der Waals surface area contributed by atoms with Gasteiger partial charge in [-0.3, -0.25) is 4.79 Å². The molecule has 1 aliphatic heterocycles. The summed E-state index contributed by atoms with van der Waals surface area (Å²) in [7, 11) is 0. The molecule has 6 nitrogen and oxygen atoms in total. The Morgan fingerprint density at radius 3 is 2.31 bits per heavy atom. The molecule has 2 aromatic carbocycles. The predicted molar refractivity (Wildman–Crippen MR) is 116 cm³/mol. The molecule has 0 aliphatic carbocycles. The quantitative estimate of drug-likeness (QED) is 0.539. The molecule has 1 amide bonds. The van der Waals surface area contributed by atoms with Crippen LogP contribution in [0.4, 0.5) is 5.69 Å². The summed E-state index contributed by atoms with van der Waals surface area (Å²) in [6.07, 6.45) is 4.09. The number of hydrogen-bond donors (Lipinski definition) is 1. The Labute approximate surface area is 172 Å². The van der Waals surface area contributed by atoms with Crippen LogP contribution in [0.1, 0.15) is 48.2 Å². The number of hydrogen-bond acceptors (Lipinski definition) is 5. The average molecular weight is 396 g/mol. The Balaban J connectivity index is 1.65. The number of ether oxygens (including phenoxy) is 2. The number of benzene rings is 2. The maximum Gasteiger partial charge on any atom is 0.271 e. The van der Waals surface area contributed by atoms with Gasteiger partial charge in [0.15, 0.2) is 11.5 Å². The number of carbonyl (C=O) groups is 1. The standard InChI is InChI=1S/C23H29N3O3/c1-4-28-21-14-17(3)19(15-22(21)29-5-2)16-24-25-23(27)18-8-10-20(11-9-18)26-12-6-7-13-26/h8-11,14-16H,4-7,12-13H2,1-3H3,(H,25,27)/b24-16-. The van der Waals surface area contributed by atoms with Crippen molar-refractivity contribution in [3.05, 3.63) is 53.1 Å². The summed E-state index contributed by atoms with van der Waals surface area (Å²) < 4.78 is 11.3. The molecule has 3 rings (SSSR count). The second kappa shape index (κ2) is 9.96. The fourth-order valence-electron chi connectivity index (χ4n) is 3.38. The zero-order valence-electron chi connectivity index (χ0n) is 17.4. The van der Waals surface area contributed by atoms with E-state index >= 15 is 0 Å².